The van der Waals surface area contributed by atoms with Crippen LogP contribution in [-0.2, 0) is 0 Å². The van der Waals surface area contributed by atoms with E-state index in [-0.39, 0.29) is 11.8 Å². The Morgan fingerprint density at radius 3 is 2.52 bits per heavy atom. The molecule has 1 aliphatic rings. The van der Waals surface area contributed by atoms with Crippen LogP contribution in [0.1, 0.15) is 18.4 Å². The summed E-state index contributed by atoms with van der Waals surface area (Å²) >= 11 is 0. The molecule has 0 unspecified atom stereocenters. The molecule has 2 aromatic rings. The van der Waals surface area contributed by atoms with E-state index in [9.17, 15) is 9.18 Å². The van der Waals surface area contributed by atoms with E-state index >= 15 is 0 Å². The van der Waals surface area contributed by atoms with Gasteiger partial charge in [-0.2, -0.15) is 0 Å². The molecule has 2 amide bonds. The molecule has 0 spiro atoms. The molecule has 0 radical (unpaired) electrons. The van der Waals surface area contributed by atoms with Crippen LogP contribution >= 0.6 is 0 Å². The number of aromatic nitrogens is 1. The highest BCUT2D eigenvalue weighted by molar-refractivity contribution is 5.89. The first-order valence-electron chi connectivity index (χ1n) is 7.62. The number of urea groups is 1. The van der Waals surface area contributed by atoms with Crippen molar-refractivity contribution >= 4 is 17.8 Å². The summed E-state index contributed by atoms with van der Waals surface area (Å²) in [6, 6.07) is 10.1. The highest BCUT2D eigenvalue weighted by Gasteiger charge is 2.19. The van der Waals surface area contributed by atoms with Crippen molar-refractivity contribution in [2.45, 2.75) is 12.8 Å². The topological polar surface area (TPSA) is 45.2 Å². The first-order chi connectivity index (χ1) is 11.2. The summed E-state index contributed by atoms with van der Waals surface area (Å²) in [6.45, 7) is 1.27. The van der Waals surface area contributed by atoms with E-state index < -0.39 is 0 Å². The smallest absolute Gasteiger partial charge is 0.321 e. The van der Waals surface area contributed by atoms with E-state index in [1.54, 1.807) is 41.6 Å². The van der Waals surface area contributed by atoms with Crippen LogP contribution in [0.15, 0.2) is 54.4 Å². The quantitative estimate of drug-likeness (QED) is 0.913. The van der Waals surface area contributed by atoms with Crippen molar-refractivity contribution < 1.29 is 9.18 Å². The van der Waals surface area contributed by atoms with Crippen molar-refractivity contribution in [3.63, 3.8) is 0 Å². The Morgan fingerprint density at radius 2 is 1.83 bits per heavy atom. The molecule has 0 bridgehead atoms. The van der Waals surface area contributed by atoms with Crippen LogP contribution in [0.2, 0.25) is 0 Å². The van der Waals surface area contributed by atoms with Crippen LogP contribution in [0.5, 0.6) is 0 Å². The van der Waals surface area contributed by atoms with E-state index in [0.29, 0.717) is 18.7 Å². The molecule has 1 aromatic heterocycles. The van der Waals surface area contributed by atoms with Gasteiger partial charge in [0.1, 0.15) is 5.82 Å². The van der Waals surface area contributed by atoms with Gasteiger partial charge in [-0.1, -0.05) is 29.8 Å². The number of hydrogen-bond donors (Lipinski definition) is 1. The van der Waals surface area contributed by atoms with Gasteiger partial charge in [0.15, 0.2) is 0 Å². The molecular weight excluding hydrogens is 293 g/mol. The lowest BCUT2D eigenvalue weighted by Gasteiger charge is -2.28. The number of piperidine rings is 1. The van der Waals surface area contributed by atoms with Gasteiger partial charge in [-0.05, 0) is 31.0 Å². The Bertz CT molecular complexity index is 705. The molecule has 0 aliphatic carbocycles. The van der Waals surface area contributed by atoms with E-state index in [1.807, 2.05) is 12.1 Å². The fourth-order valence-electron chi connectivity index (χ4n) is 2.59. The number of carbonyl (C=O) groups is 1. The molecular formula is C18H18FN3O. The minimum Gasteiger partial charge on any atom is -0.324 e. The summed E-state index contributed by atoms with van der Waals surface area (Å²) in [4.78, 5) is 17.9. The maximum absolute atomic E-state index is 13.7. The number of pyridine rings is 1. The summed E-state index contributed by atoms with van der Waals surface area (Å²) in [5.74, 6) is -0.210. The largest absolute Gasteiger partial charge is 0.324 e. The fraction of sp³-hybridized carbons (Fsp3) is 0.222. The molecule has 23 heavy (non-hydrogen) atoms. The Labute approximate surface area is 134 Å². The average Bonchev–Trinajstić information content (AvgIpc) is 2.58. The zero-order chi connectivity index (χ0) is 16.1. The molecule has 1 aliphatic heterocycles. The summed E-state index contributed by atoms with van der Waals surface area (Å²) in [6.07, 6.45) is 6.70. The molecule has 3 rings (SSSR count). The molecule has 1 aromatic carbocycles. The van der Waals surface area contributed by atoms with Crippen LogP contribution in [0.3, 0.4) is 0 Å². The molecule has 0 saturated carbocycles. The molecule has 1 fully saturated rings. The predicted molar refractivity (Wildman–Crippen MR) is 88.4 cm³/mol. The highest BCUT2D eigenvalue weighted by atomic mass is 19.1. The normalized spacial score (nSPS) is 14.5. The number of anilines is 1. The van der Waals surface area contributed by atoms with E-state index in [1.165, 1.54) is 11.6 Å². The molecule has 4 nitrogen and oxygen atoms in total. The second-order valence-corrected chi connectivity index (χ2v) is 5.48. The Balaban J connectivity index is 1.58. The Kier molecular flexibility index (Phi) is 4.66. The highest BCUT2D eigenvalue weighted by Crippen LogP contribution is 2.21. The predicted octanol–water partition coefficient (Wildman–Crippen LogP) is 3.93. The van der Waals surface area contributed by atoms with Crippen molar-refractivity contribution in [2.24, 2.45) is 0 Å². The van der Waals surface area contributed by atoms with Crippen molar-refractivity contribution in [3.05, 3.63) is 65.7 Å². The number of halogens is 1. The van der Waals surface area contributed by atoms with Gasteiger partial charge in [-0.3, -0.25) is 4.98 Å². The van der Waals surface area contributed by atoms with Gasteiger partial charge in [0, 0.05) is 36.7 Å². The monoisotopic (exact) mass is 311 g/mol. The average molecular weight is 311 g/mol. The minimum absolute atomic E-state index is 0.110. The lowest BCUT2D eigenvalue weighted by Crippen LogP contribution is -2.39. The van der Waals surface area contributed by atoms with Crippen LogP contribution in [0.4, 0.5) is 14.9 Å². The van der Waals surface area contributed by atoms with Gasteiger partial charge in [0.05, 0.1) is 0 Å². The third-order valence-electron chi connectivity index (χ3n) is 3.89. The summed E-state index contributed by atoms with van der Waals surface area (Å²) in [7, 11) is 0. The van der Waals surface area contributed by atoms with Gasteiger partial charge < -0.3 is 10.2 Å². The van der Waals surface area contributed by atoms with E-state index in [2.05, 4.69) is 10.3 Å². The zero-order valence-electron chi connectivity index (χ0n) is 12.7. The number of carbonyl (C=O) groups excluding carboxylic acids is 1. The van der Waals surface area contributed by atoms with Crippen LogP contribution < -0.4 is 5.32 Å². The third-order valence-corrected chi connectivity index (χ3v) is 3.89. The lowest BCUT2D eigenvalue weighted by atomic mass is 10.0. The molecule has 0 atom stereocenters. The van der Waals surface area contributed by atoms with Crippen molar-refractivity contribution in [1.82, 2.24) is 9.88 Å². The number of amides is 2. The second kappa shape index (κ2) is 7.05. The first kappa shape index (κ1) is 15.2. The molecule has 118 valence electrons. The number of benzene rings is 1. The standard InChI is InChI=1S/C18H18FN3O/c19-17-4-2-1-3-15(17)13-14-7-11-22(12-8-14)18(23)21-16-5-9-20-10-6-16/h1-6,9-10,13H,7-8,11-12H2,(H,20,21,23). The maximum atomic E-state index is 13.7. The fourth-order valence-corrected chi connectivity index (χ4v) is 2.59. The summed E-state index contributed by atoms with van der Waals surface area (Å²) < 4.78 is 13.7. The van der Waals surface area contributed by atoms with Gasteiger partial charge in [0.2, 0.25) is 0 Å². The van der Waals surface area contributed by atoms with Crippen LogP contribution in [-0.4, -0.2) is 29.0 Å². The first-order valence-corrected chi connectivity index (χ1v) is 7.62. The van der Waals surface area contributed by atoms with Gasteiger partial charge >= 0.3 is 6.03 Å². The summed E-state index contributed by atoms with van der Waals surface area (Å²) in [5.41, 5.74) is 2.51. The van der Waals surface area contributed by atoms with E-state index in [0.717, 1.165) is 18.5 Å². The lowest BCUT2D eigenvalue weighted by molar-refractivity contribution is 0.208. The second-order valence-electron chi connectivity index (χ2n) is 5.48. The van der Waals surface area contributed by atoms with Gasteiger partial charge in [-0.15, -0.1) is 0 Å². The van der Waals surface area contributed by atoms with Crippen LogP contribution in [0.25, 0.3) is 6.08 Å². The Morgan fingerprint density at radius 1 is 1.13 bits per heavy atom. The molecule has 1 saturated heterocycles. The van der Waals surface area contributed by atoms with Gasteiger partial charge in [-0.25, -0.2) is 9.18 Å². The summed E-state index contributed by atoms with van der Waals surface area (Å²) in [5, 5.41) is 2.85. The number of nitrogens with zero attached hydrogens (tertiary/aromatic N) is 2. The molecule has 2 heterocycles. The van der Waals surface area contributed by atoms with Crippen LogP contribution in [0, 0.1) is 5.82 Å². The minimum atomic E-state index is -0.210. The number of nitrogens with one attached hydrogen (secondary N) is 1. The van der Waals surface area contributed by atoms with Crippen molar-refractivity contribution in [2.75, 3.05) is 18.4 Å². The SMILES string of the molecule is O=C(Nc1ccncc1)N1CCC(=Cc2ccccc2F)CC1. The zero-order valence-corrected chi connectivity index (χ0v) is 12.7. The molecule has 1 N–H and O–H groups in total. The molecule has 5 heteroatoms. The number of rotatable bonds is 2. The number of hydrogen-bond acceptors (Lipinski definition) is 2. The van der Waals surface area contributed by atoms with Crippen molar-refractivity contribution in [3.8, 4) is 0 Å². The van der Waals surface area contributed by atoms with Gasteiger partial charge in [0.25, 0.3) is 0 Å². The Hall–Kier alpha value is -2.69. The maximum Gasteiger partial charge on any atom is 0.321 e. The third kappa shape index (κ3) is 3.94. The number of likely N-dealkylation sites (tertiary alicyclic amines) is 1. The van der Waals surface area contributed by atoms with Crippen molar-refractivity contribution in [1.29, 1.82) is 0 Å². The van der Waals surface area contributed by atoms with E-state index in [4.69, 9.17) is 0 Å².